The molecule has 26 heavy (non-hydrogen) atoms. The van der Waals surface area contributed by atoms with Gasteiger partial charge in [0.05, 0.1) is 6.42 Å². The van der Waals surface area contributed by atoms with Gasteiger partial charge in [0.15, 0.2) is 0 Å². The molecule has 2 fully saturated rings. The predicted octanol–water partition coefficient (Wildman–Crippen LogP) is 2.90. The zero-order valence-electron chi connectivity index (χ0n) is 14.4. The fourth-order valence-electron chi connectivity index (χ4n) is 3.58. The normalized spacial score (nSPS) is 22.3. The molecule has 0 bridgehead atoms. The van der Waals surface area contributed by atoms with E-state index in [1.807, 2.05) is 11.0 Å². The number of carbonyl (C=O) groups excluding carboxylic acids is 2. The number of amides is 2. The van der Waals surface area contributed by atoms with Gasteiger partial charge >= 0.3 is 0 Å². The van der Waals surface area contributed by atoms with Gasteiger partial charge in [0.1, 0.15) is 5.82 Å². The van der Waals surface area contributed by atoms with E-state index in [-0.39, 0.29) is 30.0 Å². The standard InChI is InChI=1S/C20H21FN2O2S/c21-15-5-3-14(4-6-15)12-19(24)22-7-9-23(10-8-22)20(25)17-13-16(17)18-2-1-11-26-18/h1-6,11,16-17H,7-10,12-13H2. The Kier molecular flexibility index (Phi) is 4.76. The Morgan fingerprint density at radius 2 is 1.73 bits per heavy atom. The second-order valence-electron chi connectivity index (χ2n) is 6.97. The van der Waals surface area contributed by atoms with Crippen LogP contribution in [0.1, 0.15) is 22.8 Å². The van der Waals surface area contributed by atoms with Crippen LogP contribution in [0, 0.1) is 11.7 Å². The van der Waals surface area contributed by atoms with Crippen molar-refractivity contribution in [1.82, 2.24) is 9.80 Å². The highest BCUT2D eigenvalue weighted by Crippen LogP contribution is 2.50. The molecule has 2 unspecified atom stereocenters. The number of benzene rings is 1. The maximum absolute atomic E-state index is 13.0. The van der Waals surface area contributed by atoms with Gasteiger partial charge in [-0.3, -0.25) is 9.59 Å². The van der Waals surface area contributed by atoms with E-state index in [9.17, 15) is 14.0 Å². The van der Waals surface area contributed by atoms with E-state index in [4.69, 9.17) is 0 Å². The van der Waals surface area contributed by atoms with Crippen molar-refractivity contribution >= 4 is 23.2 Å². The van der Waals surface area contributed by atoms with Crippen LogP contribution in [0.25, 0.3) is 0 Å². The van der Waals surface area contributed by atoms with Gasteiger partial charge in [-0.25, -0.2) is 4.39 Å². The summed E-state index contributed by atoms with van der Waals surface area (Å²) in [4.78, 5) is 30.1. The predicted molar refractivity (Wildman–Crippen MR) is 98.4 cm³/mol. The highest BCUT2D eigenvalue weighted by Gasteiger charge is 2.46. The molecule has 4 nitrogen and oxygen atoms in total. The SMILES string of the molecule is O=C(Cc1ccc(F)cc1)N1CCN(C(=O)C2CC2c2cccs2)CC1. The highest BCUT2D eigenvalue weighted by molar-refractivity contribution is 7.10. The minimum atomic E-state index is -0.297. The third kappa shape index (κ3) is 3.65. The molecule has 2 atom stereocenters. The van der Waals surface area contributed by atoms with E-state index in [2.05, 4.69) is 11.4 Å². The molecule has 1 saturated carbocycles. The van der Waals surface area contributed by atoms with Crippen molar-refractivity contribution in [1.29, 1.82) is 0 Å². The van der Waals surface area contributed by atoms with Gasteiger partial charge in [-0.2, -0.15) is 0 Å². The molecule has 2 aliphatic rings. The van der Waals surface area contributed by atoms with Crippen molar-refractivity contribution in [3.63, 3.8) is 0 Å². The lowest BCUT2D eigenvalue weighted by Gasteiger charge is -2.35. The van der Waals surface area contributed by atoms with Crippen LogP contribution in [0.5, 0.6) is 0 Å². The molecule has 6 heteroatoms. The Hall–Kier alpha value is -2.21. The van der Waals surface area contributed by atoms with E-state index < -0.39 is 0 Å². The second-order valence-corrected chi connectivity index (χ2v) is 7.95. The summed E-state index contributed by atoms with van der Waals surface area (Å²) < 4.78 is 13.0. The Morgan fingerprint density at radius 3 is 2.38 bits per heavy atom. The Balaban J connectivity index is 1.27. The fraction of sp³-hybridized carbons (Fsp3) is 0.400. The number of halogens is 1. The lowest BCUT2D eigenvalue weighted by atomic mass is 10.1. The van der Waals surface area contributed by atoms with Crippen LogP contribution in [-0.2, 0) is 16.0 Å². The summed E-state index contributed by atoms with van der Waals surface area (Å²) in [6, 6.07) is 10.2. The van der Waals surface area contributed by atoms with Gasteiger partial charge < -0.3 is 9.80 Å². The summed E-state index contributed by atoms with van der Waals surface area (Å²) in [5, 5.41) is 2.06. The number of thiophene rings is 1. The van der Waals surface area contributed by atoms with Crippen molar-refractivity contribution < 1.29 is 14.0 Å². The first-order chi connectivity index (χ1) is 12.6. The second kappa shape index (κ2) is 7.19. The van der Waals surface area contributed by atoms with Crippen LogP contribution in [0.15, 0.2) is 41.8 Å². The molecule has 1 saturated heterocycles. The molecule has 1 aromatic carbocycles. The molecule has 1 aromatic heterocycles. The van der Waals surface area contributed by atoms with Gasteiger partial charge in [0, 0.05) is 42.9 Å². The molecule has 2 amide bonds. The van der Waals surface area contributed by atoms with Crippen LogP contribution < -0.4 is 0 Å². The highest BCUT2D eigenvalue weighted by atomic mass is 32.1. The first-order valence-electron chi connectivity index (χ1n) is 8.96. The molecule has 1 aliphatic heterocycles. The van der Waals surface area contributed by atoms with E-state index in [0.29, 0.717) is 32.1 Å². The summed E-state index contributed by atoms with van der Waals surface area (Å²) in [5.41, 5.74) is 0.812. The van der Waals surface area contributed by atoms with Crippen molar-refractivity contribution in [2.45, 2.75) is 18.8 Å². The maximum atomic E-state index is 13.0. The van der Waals surface area contributed by atoms with Gasteiger partial charge in [0.2, 0.25) is 11.8 Å². The first-order valence-corrected chi connectivity index (χ1v) is 9.84. The van der Waals surface area contributed by atoms with Gasteiger partial charge in [-0.15, -0.1) is 11.3 Å². The number of carbonyl (C=O) groups is 2. The first kappa shape index (κ1) is 17.2. The van der Waals surface area contributed by atoms with E-state index in [0.717, 1.165) is 12.0 Å². The lowest BCUT2D eigenvalue weighted by Crippen LogP contribution is -2.51. The van der Waals surface area contributed by atoms with Crippen molar-refractivity contribution in [3.05, 3.63) is 58.0 Å². The number of rotatable bonds is 4. The Morgan fingerprint density at radius 1 is 1.04 bits per heavy atom. The molecule has 4 rings (SSSR count). The van der Waals surface area contributed by atoms with Gasteiger partial charge in [-0.1, -0.05) is 18.2 Å². The molecule has 136 valence electrons. The van der Waals surface area contributed by atoms with Crippen LogP contribution in [0.2, 0.25) is 0 Å². The minimum absolute atomic E-state index is 0.0339. The summed E-state index contributed by atoms with van der Waals surface area (Å²) in [5.74, 6) is 0.477. The number of hydrogen-bond acceptors (Lipinski definition) is 3. The van der Waals surface area contributed by atoms with Crippen LogP contribution in [0.4, 0.5) is 4.39 Å². The summed E-state index contributed by atoms with van der Waals surface area (Å²) >= 11 is 1.72. The monoisotopic (exact) mass is 372 g/mol. The van der Waals surface area contributed by atoms with E-state index >= 15 is 0 Å². The van der Waals surface area contributed by atoms with E-state index in [1.54, 1.807) is 28.4 Å². The summed E-state index contributed by atoms with van der Waals surface area (Å²) in [6.07, 6.45) is 1.22. The average Bonchev–Trinajstić information content (AvgIpc) is 3.27. The maximum Gasteiger partial charge on any atom is 0.227 e. The third-order valence-electron chi connectivity index (χ3n) is 5.23. The topological polar surface area (TPSA) is 40.6 Å². The molecule has 0 radical (unpaired) electrons. The summed E-state index contributed by atoms with van der Waals surface area (Å²) in [7, 11) is 0. The Bertz CT molecular complexity index is 783. The fourth-order valence-corrected chi connectivity index (χ4v) is 4.49. The van der Waals surface area contributed by atoms with Gasteiger partial charge in [0.25, 0.3) is 0 Å². The largest absolute Gasteiger partial charge is 0.339 e. The number of piperazine rings is 1. The van der Waals surface area contributed by atoms with Gasteiger partial charge in [-0.05, 0) is 35.6 Å². The molecule has 2 heterocycles. The quantitative estimate of drug-likeness (QED) is 0.828. The Labute approximate surface area is 156 Å². The minimum Gasteiger partial charge on any atom is -0.339 e. The molecular weight excluding hydrogens is 351 g/mol. The third-order valence-corrected chi connectivity index (χ3v) is 6.23. The van der Waals surface area contributed by atoms with Crippen LogP contribution >= 0.6 is 11.3 Å². The number of hydrogen-bond donors (Lipinski definition) is 0. The number of nitrogens with zero attached hydrogens (tertiary/aromatic N) is 2. The smallest absolute Gasteiger partial charge is 0.227 e. The van der Waals surface area contributed by atoms with Crippen molar-refractivity contribution in [3.8, 4) is 0 Å². The zero-order valence-corrected chi connectivity index (χ0v) is 15.3. The molecular formula is C20H21FN2O2S. The van der Waals surface area contributed by atoms with E-state index in [1.165, 1.54) is 17.0 Å². The molecule has 2 aromatic rings. The summed E-state index contributed by atoms with van der Waals surface area (Å²) in [6.45, 7) is 2.34. The lowest BCUT2D eigenvalue weighted by molar-refractivity contribution is -0.140. The van der Waals surface area contributed by atoms with Crippen molar-refractivity contribution in [2.75, 3.05) is 26.2 Å². The zero-order chi connectivity index (χ0) is 18.1. The average molecular weight is 372 g/mol. The molecule has 1 aliphatic carbocycles. The van der Waals surface area contributed by atoms with Crippen molar-refractivity contribution in [2.24, 2.45) is 5.92 Å². The molecule has 0 spiro atoms. The van der Waals surface area contributed by atoms with Crippen LogP contribution in [0.3, 0.4) is 0 Å². The molecule has 0 N–H and O–H groups in total. The van der Waals surface area contributed by atoms with Crippen LogP contribution in [-0.4, -0.2) is 47.8 Å².